The van der Waals surface area contributed by atoms with E-state index >= 15 is 0 Å². The molecule has 1 amide bonds. The van der Waals surface area contributed by atoms with Crippen LogP contribution in [0, 0.1) is 0 Å². The number of halogens is 3. The molecule has 0 spiro atoms. The molecule has 0 saturated carbocycles. The fourth-order valence-corrected chi connectivity index (χ4v) is 2.54. The van der Waals surface area contributed by atoms with E-state index in [4.69, 9.17) is 19.6 Å². The number of carbonyl (C=O) groups excluding carboxylic acids is 1. The van der Waals surface area contributed by atoms with Gasteiger partial charge in [-0.15, -0.1) is 0 Å². The normalized spacial score (nSPS) is 11.8. The Hall–Kier alpha value is -3.76. The van der Waals surface area contributed by atoms with Gasteiger partial charge in [-0.05, 0) is 24.3 Å². The van der Waals surface area contributed by atoms with Gasteiger partial charge in [0.15, 0.2) is 0 Å². The highest BCUT2D eigenvalue weighted by atomic mass is 19.4. The molecule has 0 aliphatic heterocycles. The van der Waals surface area contributed by atoms with Crippen LogP contribution in [0.1, 0.15) is 21.8 Å². The minimum absolute atomic E-state index is 0.0820. The molecule has 0 saturated heterocycles. The summed E-state index contributed by atoms with van der Waals surface area (Å²) in [5.74, 6) is -0.362. The summed E-state index contributed by atoms with van der Waals surface area (Å²) in [6, 6.07) is 6.90. The number of fused-ring (bicyclic) bond motifs is 1. The average molecular weight is 408 g/mol. The standard InChI is InChI=1S/C18H15F3N4O4/c1-27-11-4-3-5-12(28-2)10(11)8-23-25-16(26)15-14(22)9-6-7-13(18(19,20)21)24-17(9)29-15/h3-8H,22H2,1-2H3,(H,25,26)/b23-8+. The van der Waals surface area contributed by atoms with E-state index in [1.807, 2.05) is 0 Å². The highest BCUT2D eigenvalue weighted by molar-refractivity contribution is 6.04. The SMILES string of the molecule is COc1cccc(OC)c1/C=N/NC(=O)c1oc2nc(C(F)(F)F)ccc2c1N. The number of furan rings is 1. The summed E-state index contributed by atoms with van der Waals surface area (Å²) < 4.78 is 53.9. The molecule has 0 bridgehead atoms. The van der Waals surface area contributed by atoms with Gasteiger partial charge in [0.2, 0.25) is 11.5 Å². The zero-order valence-electron chi connectivity index (χ0n) is 15.2. The molecule has 2 heterocycles. The molecule has 11 heteroatoms. The maximum absolute atomic E-state index is 12.8. The molecule has 3 aromatic rings. The number of amides is 1. The lowest BCUT2D eigenvalue weighted by Crippen LogP contribution is -2.18. The van der Waals surface area contributed by atoms with Gasteiger partial charge in [0, 0.05) is 0 Å². The Labute approximate surface area is 162 Å². The van der Waals surface area contributed by atoms with Gasteiger partial charge in [0.1, 0.15) is 17.2 Å². The number of ether oxygens (including phenoxy) is 2. The Kier molecular flexibility index (Phi) is 5.31. The lowest BCUT2D eigenvalue weighted by Gasteiger charge is -2.08. The second-order valence-corrected chi connectivity index (χ2v) is 5.67. The van der Waals surface area contributed by atoms with Gasteiger partial charge in [-0.1, -0.05) is 6.07 Å². The molecule has 8 nitrogen and oxygen atoms in total. The van der Waals surface area contributed by atoms with Gasteiger partial charge >= 0.3 is 12.1 Å². The van der Waals surface area contributed by atoms with Crippen LogP contribution in [0.15, 0.2) is 39.9 Å². The quantitative estimate of drug-likeness (QED) is 0.495. The topological polar surface area (TPSA) is 112 Å². The molecule has 2 aromatic heterocycles. The van der Waals surface area contributed by atoms with E-state index in [0.717, 1.165) is 12.1 Å². The van der Waals surface area contributed by atoms with E-state index in [9.17, 15) is 18.0 Å². The first-order valence-corrected chi connectivity index (χ1v) is 8.07. The van der Waals surface area contributed by atoms with Crippen molar-refractivity contribution in [3.63, 3.8) is 0 Å². The molecular weight excluding hydrogens is 393 g/mol. The van der Waals surface area contributed by atoms with Crippen LogP contribution < -0.4 is 20.6 Å². The van der Waals surface area contributed by atoms with Crippen molar-refractivity contribution in [3.05, 3.63) is 47.3 Å². The number of hydrogen-bond acceptors (Lipinski definition) is 7. The molecule has 1 aromatic carbocycles. The number of pyridine rings is 1. The number of nitrogens with zero attached hydrogens (tertiary/aromatic N) is 2. The molecule has 0 aliphatic rings. The number of hydrazone groups is 1. The number of benzene rings is 1. The molecule has 0 atom stereocenters. The second kappa shape index (κ2) is 7.70. The van der Waals surface area contributed by atoms with Crippen molar-refractivity contribution in [2.75, 3.05) is 20.0 Å². The van der Waals surface area contributed by atoms with Gasteiger partial charge in [0.05, 0.1) is 37.1 Å². The predicted molar refractivity (Wildman–Crippen MR) is 98.0 cm³/mol. The van der Waals surface area contributed by atoms with Crippen LogP contribution >= 0.6 is 0 Å². The first kappa shape index (κ1) is 20.0. The Morgan fingerprint density at radius 3 is 2.45 bits per heavy atom. The van der Waals surface area contributed by atoms with Crippen molar-refractivity contribution in [2.24, 2.45) is 5.10 Å². The largest absolute Gasteiger partial charge is 0.496 e. The summed E-state index contributed by atoms with van der Waals surface area (Å²) >= 11 is 0. The Morgan fingerprint density at radius 2 is 1.86 bits per heavy atom. The number of methoxy groups -OCH3 is 2. The maximum Gasteiger partial charge on any atom is 0.433 e. The van der Waals surface area contributed by atoms with Gasteiger partial charge in [-0.25, -0.2) is 10.4 Å². The van der Waals surface area contributed by atoms with E-state index in [1.54, 1.807) is 18.2 Å². The molecule has 3 N–H and O–H groups in total. The van der Waals surface area contributed by atoms with Crippen molar-refractivity contribution in [2.45, 2.75) is 6.18 Å². The molecule has 29 heavy (non-hydrogen) atoms. The van der Waals surface area contributed by atoms with E-state index in [1.165, 1.54) is 20.4 Å². The summed E-state index contributed by atoms with van der Waals surface area (Å²) in [6.07, 6.45) is -3.37. The van der Waals surface area contributed by atoms with E-state index in [-0.39, 0.29) is 11.1 Å². The molecule has 152 valence electrons. The lowest BCUT2D eigenvalue weighted by molar-refractivity contribution is -0.141. The van der Waals surface area contributed by atoms with Crippen molar-refractivity contribution in [3.8, 4) is 11.5 Å². The molecule has 0 aliphatic carbocycles. The molecular formula is C18H15F3N4O4. The average Bonchev–Trinajstić information content (AvgIpc) is 3.03. The molecule has 0 radical (unpaired) electrons. The third-order valence-electron chi connectivity index (χ3n) is 3.92. The Balaban J connectivity index is 1.86. The number of anilines is 1. The van der Waals surface area contributed by atoms with Gasteiger partial charge in [-0.2, -0.15) is 18.3 Å². The van der Waals surface area contributed by atoms with Crippen LogP contribution in [0.4, 0.5) is 18.9 Å². The van der Waals surface area contributed by atoms with Crippen molar-refractivity contribution in [1.29, 1.82) is 0 Å². The number of alkyl halides is 3. The number of aromatic nitrogens is 1. The number of nitrogens with one attached hydrogen (secondary N) is 1. The summed E-state index contributed by atoms with van der Waals surface area (Å²) in [5.41, 5.74) is 6.75. The molecule has 3 rings (SSSR count). The zero-order valence-corrected chi connectivity index (χ0v) is 15.2. The summed E-state index contributed by atoms with van der Waals surface area (Å²) in [6.45, 7) is 0. The smallest absolute Gasteiger partial charge is 0.433 e. The summed E-state index contributed by atoms with van der Waals surface area (Å²) in [4.78, 5) is 15.7. The fraction of sp³-hybridized carbons (Fsp3) is 0.167. The van der Waals surface area contributed by atoms with Crippen molar-refractivity contribution >= 4 is 28.9 Å². The van der Waals surface area contributed by atoms with Gasteiger partial charge in [0.25, 0.3) is 0 Å². The summed E-state index contributed by atoms with van der Waals surface area (Å²) in [5, 5.41) is 3.88. The van der Waals surface area contributed by atoms with Gasteiger partial charge < -0.3 is 19.6 Å². The minimum atomic E-state index is -4.66. The van der Waals surface area contributed by atoms with Crippen LogP contribution in [0.5, 0.6) is 11.5 Å². The summed E-state index contributed by atoms with van der Waals surface area (Å²) in [7, 11) is 2.92. The van der Waals surface area contributed by atoms with E-state index < -0.39 is 29.3 Å². The van der Waals surface area contributed by atoms with Crippen LogP contribution in [0.2, 0.25) is 0 Å². The number of rotatable bonds is 5. The predicted octanol–water partition coefficient (Wildman–Crippen LogP) is 3.21. The highest BCUT2D eigenvalue weighted by Gasteiger charge is 2.33. The third-order valence-corrected chi connectivity index (χ3v) is 3.92. The monoisotopic (exact) mass is 408 g/mol. The first-order chi connectivity index (χ1) is 13.8. The van der Waals surface area contributed by atoms with Crippen LogP contribution in [-0.4, -0.2) is 31.3 Å². The third kappa shape index (κ3) is 3.93. The first-order valence-electron chi connectivity index (χ1n) is 8.07. The Morgan fingerprint density at radius 1 is 1.21 bits per heavy atom. The van der Waals surface area contributed by atoms with Gasteiger partial charge in [-0.3, -0.25) is 4.79 Å². The lowest BCUT2D eigenvalue weighted by atomic mass is 10.2. The molecule has 0 fully saturated rings. The zero-order chi connectivity index (χ0) is 21.2. The fourth-order valence-electron chi connectivity index (χ4n) is 2.54. The Bertz CT molecular complexity index is 1070. The van der Waals surface area contributed by atoms with Crippen LogP contribution in [0.25, 0.3) is 11.1 Å². The van der Waals surface area contributed by atoms with Crippen LogP contribution in [0.3, 0.4) is 0 Å². The second-order valence-electron chi connectivity index (χ2n) is 5.67. The van der Waals surface area contributed by atoms with Crippen molar-refractivity contribution < 1.29 is 31.9 Å². The van der Waals surface area contributed by atoms with Crippen LogP contribution in [-0.2, 0) is 6.18 Å². The number of nitrogen functional groups attached to an aromatic ring is 1. The number of nitrogens with two attached hydrogens (primary N) is 1. The minimum Gasteiger partial charge on any atom is -0.496 e. The number of carbonyl (C=O) groups is 1. The van der Waals surface area contributed by atoms with E-state index in [0.29, 0.717) is 17.1 Å². The highest BCUT2D eigenvalue weighted by Crippen LogP contribution is 2.33. The number of hydrogen-bond donors (Lipinski definition) is 2. The maximum atomic E-state index is 12.8. The molecule has 0 unspecified atom stereocenters. The van der Waals surface area contributed by atoms with E-state index in [2.05, 4.69) is 15.5 Å². The van der Waals surface area contributed by atoms with Crippen molar-refractivity contribution in [1.82, 2.24) is 10.4 Å².